The summed E-state index contributed by atoms with van der Waals surface area (Å²) in [6.07, 6.45) is 2.09. The molecule has 3 amide bonds. The summed E-state index contributed by atoms with van der Waals surface area (Å²) in [6.45, 7) is 5.28. The molecule has 1 N–H and O–H groups in total. The second kappa shape index (κ2) is 4.05. The van der Waals surface area contributed by atoms with Crippen LogP contribution < -0.4 is 5.32 Å². The Morgan fingerprint density at radius 2 is 2.19 bits per heavy atom. The van der Waals surface area contributed by atoms with E-state index in [4.69, 9.17) is 4.74 Å². The van der Waals surface area contributed by atoms with E-state index in [9.17, 15) is 9.59 Å². The third-order valence-electron chi connectivity index (χ3n) is 3.20. The molecule has 0 aliphatic carbocycles. The number of imide groups is 1. The smallest absolute Gasteiger partial charge is 0.324 e. The molecule has 0 aromatic carbocycles. The lowest BCUT2D eigenvalue weighted by molar-refractivity contribution is -0.122. The van der Waals surface area contributed by atoms with Crippen LogP contribution in [0.15, 0.2) is 0 Å². The zero-order valence-electron chi connectivity index (χ0n) is 9.78. The molecule has 0 aromatic rings. The number of rotatable bonds is 1. The van der Waals surface area contributed by atoms with Crippen LogP contribution in [-0.4, -0.2) is 41.6 Å². The Hall–Kier alpha value is -1.10. The largest absolute Gasteiger partial charge is 0.375 e. The summed E-state index contributed by atoms with van der Waals surface area (Å²) in [5.74, 6) is -0.174. The van der Waals surface area contributed by atoms with E-state index in [1.165, 1.54) is 0 Å². The molecule has 2 aliphatic rings. The maximum Gasteiger partial charge on any atom is 0.324 e. The number of amides is 3. The first kappa shape index (κ1) is 11.4. The van der Waals surface area contributed by atoms with E-state index >= 15 is 0 Å². The van der Waals surface area contributed by atoms with Crippen molar-refractivity contribution < 1.29 is 14.3 Å². The van der Waals surface area contributed by atoms with Gasteiger partial charge in [0.05, 0.1) is 5.60 Å². The Labute approximate surface area is 95.1 Å². The van der Waals surface area contributed by atoms with Crippen molar-refractivity contribution in [2.75, 3.05) is 13.2 Å². The minimum Gasteiger partial charge on any atom is -0.375 e. The Kier molecular flexibility index (Phi) is 2.88. The molecule has 2 fully saturated rings. The molecule has 2 aliphatic heterocycles. The normalized spacial score (nSPS) is 30.1. The van der Waals surface area contributed by atoms with Crippen molar-refractivity contribution in [3.63, 3.8) is 0 Å². The fourth-order valence-electron chi connectivity index (χ4n) is 2.39. The van der Waals surface area contributed by atoms with Crippen LogP contribution in [0.25, 0.3) is 0 Å². The number of nitrogens with zero attached hydrogens (tertiary/aromatic N) is 1. The lowest BCUT2D eigenvalue weighted by atomic mass is 9.92. The Morgan fingerprint density at radius 1 is 1.44 bits per heavy atom. The average Bonchev–Trinajstić information content (AvgIpc) is 2.15. The second-order valence-electron chi connectivity index (χ2n) is 5.05. The molecular formula is C11H18N2O3. The highest BCUT2D eigenvalue weighted by molar-refractivity contribution is 5.96. The fraction of sp³-hybridized carbons (Fsp3) is 0.818. The van der Waals surface area contributed by atoms with Crippen LogP contribution in [-0.2, 0) is 9.53 Å². The number of nitrogens with one attached hydrogen (secondary N) is 1. The maximum absolute atomic E-state index is 11.7. The summed E-state index contributed by atoms with van der Waals surface area (Å²) in [5.41, 5.74) is -0.176. The van der Waals surface area contributed by atoms with E-state index in [1.807, 2.05) is 13.8 Å². The van der Waals surface area contributed by atoms with Gasteiger partial charge in [-0.2, -0.15) is 0 Å². The summed E-state index contributed by atoms with van der Waals surface area (Å²) in [7, 11) is 0. The topological polar surface area (TPSA) is 58.6 Å². The molecule has 16 heavy (non-hydrogen) atoms. The first-order chi connectivity index (χ1) is 7.48. The molecule has 0 aromatic heterocycles. The molecule has 2 saturated heterocycles. The van der Waals surface area contributed by atoms with Gasteiger partial charge in [0.1, 0.15) is 0 Å². The third kappa shape index (κ3) is 2.35. The first-order valence-corrected chi connectivity index (χ1v) is 5.72. The molecule has 0 radical (unpaired) electrons. The van der Waals surface area contributed by atoms with Crippen molar-refractivity contribution >= 4 is 11.9 Å². The molecule has 5 nitrogen and oxygen atoms in total. The van der Waals surface area contributed by atoms with Gasteiger partial charge in [0.2, 0.25) is 5.91 Å². The second-order valence-corrected chi connectivity index (χ2v) is 5.05. The summed E-state index contributed by atoms with van der Waals surface area (Å²) < 4.78 is 5.62. The number of hydrogen-bond acceptors (Lipinski definition) is 3. The molecule has 0 spiro atoms. The van der Waals surface area contributed by atoms with Crippen LogP contribution in [0, 0.1) is 0 Å². The van der Waals surface area contributed by atoms with E-state index in [1.54, 1.807) is 4.90 Å². The van der Waals surface area contributed by atoms with E-state index in [2.05, 4.69) is 5.32 Å². The molecule has 2 rings (SSSR count). The van der Waals surface area contributed by atoms with Crippen LogP contribution in [0.5, 0.6) is 0 Å². The first-order valence-electron chi connectivity index (χ1n) is 5.72. The Morgan fingerprint density at radius 3 is 2.81 bits per heavy atom. The zero-order chi connectivity index (χ0) is 11.8. The van der Waals surface area contributed by atoms with Gasteiger partial charge in [-0.25, -0.2) is 4.79 Å². The summed E-state index contributed by atoms with van der Waals surface area (Å²) >= 11 is 0. The van der Waals surface area contributed by atoms with Crippen molar-refractivity contribution in [3.8, 4) is 0 Å². The van der Waals surface area contributed by atoms with Crippen LogP contribution in [0.1, 0.15) is 33.1 Å². The van der Waals surface area contributed by atoms with E-state index in [-0.39, 0.29) is 23.6 Å². The fourth-order valence-corrected chi connectivity index (χ4v) is 2.39. The number of carbonyl (C=O) groups excluding carboxylic acids is 2. The van der Waals surface area contributed by atoms with Gasteiger partial charge >= 0.3 is 6.03 Å². The molecule has 2 heterocycles. The van der Waals surface area contributed by atoms with Gasteiger partial charge in [0.25, 0.3) is 0 Å². The van der Waals surface area contributed by atoms with Gasteiger partial charge in [-0.05, 0) is 26.7 Å². The minimum atomic E-state index is -0.251. The lowest BCUT2D eigenvalue weighted by Crippen LogP contribution is -2.56. The minimum absolute atomic E-state index is 0.174. The average molecular weight is 226 g/mol. The van der Waals surface area contributed by atoms with Gasteiger partial charge in [0, 0.05) is 25.6 Å². The van der Waals surface area contributed by atoms with Gasteiger partial charge < -0.3 is 9.64 Å². The number of ether oxygens (including phenoxy) is 1. The van der Waals surface area contributed by atoms with E-state index in [0.29, 0.717) is 19.6 Å². The molecular weight excluding hydrogens is 208 g/mol. The van der Waals surface area contributed by atoms with Gasteiger partial charge in [0.15, 0.2) is 0 Å². The highest BCUT2D eigenvalue weighted by Gasteiger charge is 2.36. The van der Waals surface area contributed by atoms with Crippen molar-refractivity contribution in [1.82, 2.24) is 10.2 Å². The highest BCUT2D eigenvalue weighted by Crippen LogP contribution is 2.28. The van der Waals surface area contributed by atoms with Gasteiger partial charge in [-0.1, -0.05) is 0 Å². The quantitative estimate of drug-likeness (QED) is 0.722. The molecule has 0 bridgehead atoms. The highest BCUT2D eigenvalue weighted by atomic mass is 16.5. The maximum atomic E-state index is 11.7. The van der Waals surface area contributed by atoms with Gasteiger partial charge in [-0.15, -0.1) is 0 Å². The van der Waals surface area contributed by atoms with Crippen molar-refractivity contribution in [2.45, 2.75) is 44.8 Å². The lowest BCUT2D eigenvalue weighted by Gasteiger charge is -2.42. The number of urea groups is 1. The van der Waals surface area contributed by atoms with Crippen LogP contribution in [0.4, 0.5) is 4.79 Å². The predicted octanol–water partition coefficient (Wildman–Crippen LogP) is 0.886. The third-order valence-corrected chi connectivity index (χ3v) is 3.20. The molecule has 5 heteroatoms. The van der Waals surface area contributed by atoms with Crippen molar-refractivity contribution in [1.29, 1.82) is 0 Å². The Bertz CT molecular complexity index is 314. The monoisotopic (exact) mass is 226 g/mol. The van der Waals surface area contributed by atoms with Crippen molar-refractivity contribution in [2.24, 2.45) is 0 Å². The van der Waals surface area contributed by atoms with Crippen LogP contribution >= 0.6 is 0 Å². The summed E-state index contributed by atoms with van der Waals surface area (Å²) in [5, 5.41) is 2.36. The van der Waals surface area contributed by atoms with E-state index in [0.717, 1.165) is 12.8 Å². The number of carbonyl (C=O) groups is 2. The van der Waals surface area contributed by atoms with Gasteiger partial charge in [-0.3, -0.25) is 10.1 Å². The molecule has 0 saturated carbocycles. The Balaban J connectivity index is 2.01. The van der Waals surface area contributed by atoms with E-state index < -0.39 is 0 Å². The molecule has 1 atom stereocenters. The number of hydrogen-bond donors (Lipinski definition) is 1. The summed E-state index contributed by atoms with van der Waals surface area (Å²) in [6, 6.07) is -0.0594. The SMILES string of the molecule is CC1(C)CC(N2CCC(=O)NC2=O)CCO1. The predicted molar refractivity (Wildman–Crippen MR) is 57.9 cm³/mol. The van der Waals surface area contributed by atoms with Crippen LogP contribution in [0.3, 0.4) is 0 Å². The van der Waals surface area contributed by atoms with Crippen LogP contribution in [0.2, 0.25) is 0 Å². The standard InChI is InChI=1S/C11H18N2O3/c1-11(2)7-8(4-6-16-11)13-5-3-9(14)12-10(13)15/h8H,3-7H2,1-2H3,(H,12,14,15). The molecule has 90 valence electrons. The molecule has 1 unspecified atom stereocenters. The summed E-state index contributed by atoms with van der Waals surface area (Å²) in [4.78, 5) is 24.5. The van der Waals surface area contributed by atoms with Crippen molar-refractivity contribution in [3.05, 3.63) is 0 Å². The zero-order valence-corrected chi connectivity index (χ0v) is 9.78.